The molecule has 1 aromatic carbocycles. The lowest BCUT2D eigenvalue weighted by Gasteiger charge is -2.18. The predicted octanol–water partition coefficient (Wildman–Crippen LogP) is 2.68. The molecule has 0 bridgehead atoms. The molecule has 0 aliphatic carbocycles. The summed E-state index contributed by atoms with van der Waals surface area (Å²) in [5, 5.41) is 8.80. The van der Waals surface area contributed by atoms with Crippen LogP contribution in [0.3, 0.4) is 0 Å². The highest BCUT2D eigenvalue weighted by Crippen LogP contribution is 2.19. The van der Waals surface area contributed by atoms with Gasteiger partial charge in [0.2, 0.25) is 5.91 Å². The normalized spacial score (nSPS) is 9.80. The molecule has 0 aliphatic rings. The molecule has 0 saturated heterocycles. The summed E-state index contributed by atoms with van der Waals surface area (Å²) < 4.78 is 0. The van der Waals surface area contributed by atoms with Crippen LogP contribution in [0.15, 0.2) is 54.5 Å². The summed E-state index contributed by atoms with van der Waals surface area (Å²) in [4.78, 5) is 25.2. The van der Waals surface area contributed by atoms with E-state index < -0.39 is 5.97 Å². The molecule has 1 rings (SSSR count). The molecule has 1 N–H and O–H groups in total. The maximum absolute atomic E-state index is 12.0. The van der Waals surface area contributed by atoms with Gasteiger partial charge in [0.05, 0.1) is 11.3 Å². The van der Waals surface area contributed by atoms with Crippen molar-refractivity contribution in [2.24, 2.45) is 0 Å². The molecule has 0 aliphatic heterocycles. The van der Waals surface area contributed by atoms with Crippen molar-refractivity contribution < 1.29 is 14.7 Å². The summed E-state index contributed by atoms with van der Waals surface area (Å²) in [5.41, 5.74) is 0.237. The number of carboxylic acid groups (broad SMARTS) is 1. The fraction of sp³-hybridized carbons (Fsp3) is 0.200. The number of aromatic carboxylic acids is 1. The molecule has 0 fully saturated rings. The van der Waals surface area contributed by atoms with Crippen molar-refractivity contribution in [2.75, 3.05) is 18.8 Å². The highest BCUT2D eigenvalue weighted by Gasteiger charge is 2.11. The third-order valence-corrected chi connectivity index (χ3v) is 3.51. The van der Waals surface area contributed by atoms with Gasteiger partial charge in [-0.15, -0.1) is 24.9 Å². The molecule has 1 aromatic rings. The van der Waals surface area contributed by atoms with Crippen LogP contribution in [-0.2, 0) is 4.79 Å². The van der Waals surface area contributed by atoms with Crippen LogP contribution >= 0.6 is 11.8 Å². The Kier molecular flexibility index (Phi) is 6.59. The number of carboxylic acids is 1. The van der Waals surface area contributed by atoms with Gasteiger partial charge in [-0.2, -0.15) is 0 Å². The van der Waals surface area contributed by atoms with Crippen molar-refractivity contribution in [1.82, 2.24) is 4.90 Å². The second-order valence-corrected chi connectivity index (χ2v) is 5.04. The molecule has 0 aromatic heterocycles. The Balaban J connectivity index is 2.56. The lowest BCUT2D eigenvalue weighted by molar-refractivity contribution is -0.127. The lowest BCUT2D eigenvalue weighted by atomic mass is 10.2. The number of thioether (sulfide) groups is 1. The topological polar surface area (TPSA) is 57.6 Å². The SMILES string of the molecule is C=CCN(CC=C)C(=O)CSc1ccc(C(=O)O)cc1. The minimum absolute atomic E-state index is 0.00267. The summed E-state index contributed by atoms with van der Waals surface area (Å²) in [6.45, 7) is 8.22. The minimum Gasteiger partial charge on any atom is -0.478 e. The first-order chi connectivity index (χ1) is 9.58. The Labute approximate surface area is 122 Å². The summed E-state index contributed by atoms with van der Waals surface area (Å²) in [5.74, 6) is -0.661. The second kappa shape index (κ2) is 8.22. The van der Waals surface area contributed by atoms with Crippen molar-refractivity contribution in [2.45, 2.75) is 4.90 Å². The van der Waals surface area contributed by atoms with Crippen molar-refractivity contribution in [3.8, 4) is 0 Å². The first kappa shape index (κ1) is 16.0. The van der Waals surface area contributed by atoms with Crippen molar-refractivity contribution in [3.05, 3.63) is 55.1 Å². The van der Waals surface area contributed by atoms with Gasteiger partial charge in [-0.1, -0.05) is 12.2 Å². The van der Waals surface area contributed by atoms with E-state index in [0.717, 1.165) is 4.90 Å². The molecule has 0 unspecified atom stereocenters. The van der Waals surface area contributed by atoms with Gasteiger partial charge < -0.3 is 10.0 Å². The third-order valence-electron chi connectivity index (χ3n) is 2.52. The van der Waals surface area contributed by atoms with Crippen LogP contribution in [-0.4, -0.2) is 40.7 Å². The van der Waals surface area contributed by atoms with Gasteiger partial charge in [0.25, 0.3) is 0 Å². The van der Waals surface area contributed by atoms with E-state index in [9.17, 15) is 9.59 Å². The number of amides is 1. The second-order valence-electron chi connectivity index (χ2n) is 3.99. The Bertz CT molecular complexity index is 486. The Morgan fingerprint density at radius 1 is 1.15 bits per heavy atom. The van der Waals surface area contributed by atoms with E-state index in [1.54, 1.807) is 29.2 Å². The van der Waals surface area contributed by atoms with Gasteiger partial charge in [-0.25, -0.2) is 4.79 Å². The van der Waals surface area contributed by atoms with Crippen LogP contribution in [0.1, 0.15) is 10.4 Å². The molecule has 0 heterocycles. The zero-order chi connectivity index (χ0) is 15.0. The highest BCUT2D eigenvalue weighted by molar-refractivity contribution is 8.00. The molecule has 0 saturated carbocycles. The number of hydrogen-bond acceptors (Lipinski definition) is 3. The van der Waals surface area contributed by atoms with E-state index >= 15 is 0 Å². The van der Waals surface area contributed by atoms with Gasteiger partial charge in [-0.3, -0.25) is 4.79 Å². The van der Waals surface area contributed by atoms with Crippen molar-refractivity contribution >= 4 is 23.6 Å². The average Bonchev–Trinajstić information content (AvgIpc) is 2.45. The van der Waals surface area contributed by atoms with Crippen LogP contribution in [0, 0.1) is 0 Å². The van der Waals surface area contributed by atoms with Gasteiger partial charge in [0.15, 0.2) is 0 Å². The van der Waals surface area contributed by atoms with Crippen LogP contribution < -0.4 is 0 Å². The molecular formula is C15H17NO3S. The molecule has 0 spiro atoms. The van der Waals surface area contributed by atoms with Crippen LogP contribution in [0.5, 0.6) is 0 Å². The fourth-order valence-electron chi connectivity index (χ4n) is 1.52. The molecule has 0 atom stereocenters. The van der Waals surface area contributed by atoms with Crippen LogP contribution in [0.4, 0.5) is 0 Å². The molecule has 5 heteroatoms. The van der Waals surface area contributed by atoms with E-state index in [0.29, 0.717) is 18.8 Å². The number of hydrogen-bond donors (Lipinski definition) is 1. The van der Waals surface area contributed by atoms with Gasteiger partial charge in [0.1, 0.15) is 0 Å². The first-order valence-electron chi connectivity index (χ1n) is 6.04. The zero-order valence-corrected chi connectivity index (χ0v) is 11.9. The maximum atomic E-state index is 12.0. The molecule has 0 radical (unpaired) electrons. The van der Waals surface area contributed by atoms with E-state index in [1.807, 2.05) is 0 Å². The Morgan fingerprint density at radius 2 is 1.70 bits per heavy atom. The van der Waals surface area contributed by atoms with Crippen molar-refractivity contribution in [1.29, 1.82) is 0 Å². The number of nitrogens with zero attached hydrogens (tertiary/aromatic N) is 1. The number of carbonyl (C=O) groups is 2. The Morgan fingerprint density at radius 3 is 2.15 bits per heavy atom. The van der Waals surface area contributed by atoms with Crippen LogP contribution in [0.25, 0.3) is 0 Å². The number of rotatable bonds is 8. The van der Waals surface area contributed by atoms with E-state index in [2.05, 4.69) is 13.2 Å². The zero-order valence-electron chi connectivity index (χ0n) is 11.1. The molecule has 4 nitrogen and oxygen atoms in total. The quantitative estimate of drug-likeness (QED) is 0.591. The number of carbonyl (C=O) groups excluding carboxylic acids is 1. The summed E-state index contributed by atoms with van der Waals surface area (Å²) in [7, 11) is 0. The predicted molar refractivity (Wildman–Crippen MR) is 81.1 cm³/mol. The number of benzene rings is 1. The fourth-order valence-corrected chi connectivity index (χ4v) is 2.32. The van der Waals surface area contributed by atoms with E-state index in [-0.39, 0.29) is 11.5 Å². The highest BCUT2D eigenvalue weighted by atomic mass is 32.2. The monoisotopic (exact) mass is 291 g/mol. The average molecular weight is 291 g/mol. The van der Waals surface area contributed by atoms with Gasteiger partial charge in [-0.05, 0) is 24.3 Å². The van der Waals surface area contributed by atoms with E-state index in [1.165, 1.54) is 23.9 Å². The van der Waals surface area contributed by atoms with E-state index in [4.69, 9.17) is 5.11 Å². The molecule has 20 heavy (non-hydrogen) atoms. The third kappa shape index (κ3) is 4.93. The van der Waals surface area contributed by atoms with Crippen LogP contribution in [0.2, 0.25) is 0 Å². The largest absolute Gasteiger partial charge is 0.478 e. The minimum atomic E-state index is -0.958. The molecule has 1 amide bonds. The summed E-state index contributed by atoms with van der Waals surface area (Å²) in [6, 6.07) is 6.46. The lowest BCUT2D eigenvalue weighted by Crippen LogP contribution is -2.32. The van der Waals surface area contributed by atoms with Crippen molar-refractivity contribution in [3.63, 3.8) is 0 Å². The molecular weight excluding hydrogens is 274 g/mol. The maximum Gasteiger partial charge on any atom is 0.335 e. The standard InChI is InChI=1S/C15H17NO3S/c1-3-9-16(10-4-2)14(17)11-20-13-7-5-12(6-8-13)15(18)19/h3-8H,1-2,9-11H2,(H,18,19). The van der Waals surface area contributed by atoms with Gasteiger partial charge in [0, 0.05) is 18.0 Å². The molecule has 106 valence electrons. The first-order valence-corrected chi connectivity index (χ1v) is 7.02. The Hall–Kier alpha value is -2.01. The van der Waals surface area contributed by atoms with Gasteiger partial charge >= 0.3 is 5.97 Å². The summed E-state index contributed by atoms with van der Waals surface area (Å²) in [6.07, 6.45) is 3.35. The smallest absolute Gasteiger partial charge is 0.335 e. The summed E-state index contributed by atoms with van der Waals surface area (Å²) >= 11 is 1.38.